The maximum atomic E-state index is 5.54. The summed E-state index contributed by atoms with van der Waals surface area (Å²) in [7, 11) is 0. The fourth-order valence-electron chi connectivity index (χ4n) is 1.09. The van der Waals surface area contributed by atoms with Crippen LogP contribution in [0.4, 0.5) is 0 Å². The zero-order valence-electron chi connectivity index (χ0n) is 5.30. The lowest BCUT2D eigenvalue weighted by molar-refractivity contribution is 1.12. The highest BCUT2D eigenvalue weighted by Crippen LogP contribution is 2.32. The molecular weight excluding hydrogens is 112 g/mol. The summed E-state index contributed by atoms with van der Waals surface area (Å²) in [5.41, 5.74) is 7.71. The van der Waals surface area contributed by atoms with Crippen LogP contribution in [0.25, 0.3) is 0 Å². The number of nitrogens with zero attached hydrogens (tertiary/aromatic N) is 1. The van der Waals surface area contributed by atoms with Gasteiger partial charge in [0.05, 0.1) is 6.54 Å². The Hall–Kier alpha value is -0.790. The third-order valence-corrected chi connectivity index (χ3v) is 1.77. The molecule has 1 aliphatic carbocycles. The summed E-state index contributed by atoms with van der Waals surface area (Å²) in [6.07, 6.45) is 4.67. The van der Waals surface area contributed by atoms with E-state index in [1.54, 1.807) is 0 Å². The zero-order valence-corrected chi connectivity index (χ0v) is 5.30. The van der Waals surface area contributed by atoms with Crippen LogP contribution in [-0.2, 0) is 0 Å². The molecular formula is C7H10N2. The standard InChI is InChI=1S/C7H10N2/c8-6-3-7(9-4-6)5-1-2-5/h3,5H,1-2,4,8H2. The molecule has 0 aromatic rings. The minimum absolute atomic E-state index is 0.742. The van der Waals surface area contributed by atoms with Crippen LogP contribution in [0.2, 0.25) is 0 Å². The van der Waals surface area contributed by atoms with E-state index in [4.69, 9.17) is 5.73 Å². The van der Waals surface area contributed by atoms with Gasteiger partial charge in [-0.1, -0.05) is 0 Å². The van der Waals surface area contributed by atoms with E-state index in [-0.39, 0.29) is 0 Å². The topological polar surface area (TPSA) is 38.4 Å². The highest BCUT2D eigenvalue weighted by Gasteiger charge is 2.27. The van der Waals surface area contributed by atoms with Gasteiger partial charge >= 0.3 is 0 Å². The molecule has 0 bridgehead atoms. The van der Waals surface area contributed by atoms with Crippen LogP contribution >= 0.6 is 0 Å². The highest BCUT2D eigenvalue weighted by molar-refractivity contribution is 6.00. The lowest BCUT2D eigenvalue weighted by Gasteiger charge is -1.86. The van der Waals surface area contributed by atoms with Crippen molar-refractivity contribution < 1.29 is 0 Å². The molecule has 1 aliphatic heterocycles. The van der Waals surface area contributed by atoms with Crippen LogP contribution in [-0.4, -0.2) is 12.3 Å². The predicted octanol–water partition coefficient (Wildman–Crippen LogP) is 0.694. The van der Waals surface area contributed by atoms with Crippen molar-refractivity contribution in [1.82, 2.24) is 0 Å². The first kappa shape index (κ1) is 5.03. The van der Waals surface area contributed by atoms with Crippen molar-refractivity contribution in [3.05, 3.63) is 11.8 Å². The van der Waals surface area contributed by atoms with Crippen molar-refractivity contribution in [2.75, 3.05) is 6.54 Å². The molecule has 0 atom stereocenters. The number of hydrogen-bond acceptors (Lipinski definition) is 2. The molecule has 2 aliphatic rings. The van der Waals surface area contributed by atoms with Crippen molar-refractivity contribution in [3.8, 4) is 0 Å². The molecule has 0 aromatic carbocycles. The molecule has 0 saturated heterocycles. The van der Waals surface area contributed by atoms with Gasteiger partial charge in [-0.05, 0) is 18.9 Å². The Balaban J connectivity index is 2.12. The molecule has 0 aromatic heterocycles. The molecule has 2 heteroatoms. The van der Waals surface area contributed by atoms with E-state index in [2.05, 4.69) is 4.99 Å². The van der Waals surface area contributed by atoms with E-state index < -0.39 is 0 Å². The summed E-state index contributed by atoms with van der Waals surface area (Å²) < 4.78 is 0. The molecule has 0 radical (unpaired) electrons. The zero-order chi connectivity index (χ0) is 6.27. The van der Waals surface area contributed by atoms with Crippen LogP contribution < -0.4 is 5.73 Å². The first-order valence-electron chi connectivity index (χ1n) is 3.36. The van der Waals surface area contributed by atoms with Gasteiger partial charge in [-0.2, -0.15) is 0 Å². The SMILES string of the molecule is NC1=CC(C2CC2)=NC1. The van der Waals surface area contributed by atoms with Gasteiger partial charge in [0.1, 0.15) is 0 Å². The largest absolute Gasteiger partial charge is 0.400 e. The van der Waals surface area contributed by atoms with Gasteiger partial charge in [0, 0.05) is 17.3 Å². The molecule has 0 amide bonds. The number of hydrogen-bond donors (Lipinski definition) is 1. The van der Waals surface area contributed by atoms with Gasteiger partial charge in [-0.3, -0.25) is 4.99 Å². The van der Waals surface area contributed by atoms with Crippen LogP contribution in [0.3, 0.4) is 0 Å². The number of rotatable bonds is 1. The van der Waals surface area contributed by atoms with E-state index in [0.29, 0.717) is 0 Å². The Morgan fingerprint density at radius 3 is 2.78 bits per heavy atom. The molecule has 1 heterocycles. The molecule has 2 N–H and O–H groups in total. The number of aliphatic imine (C=N–C) groups is 1. The Morgan fingerprint density at radius 1 is 1.56 bits per heavy atom. The van der Waals surface area contributed by atoms with Crippen molar-refractivity contribution in [2.45, 2.75) is 12.8 Å². The minimum atomic E-state index is 0.742. The van der Waals surface area contributed by atoms with Gasteiger partial charge in [0.15, 0.2) is 0 Å². The quantitative estimate of drug-likeness (QED) is 0.546. The first-order chi connectivity index (χ1) is 4.36. The fraction of sp³-hybridized carbons (Fsp3) is 0.571. The van der Waals surface area contributed by atoms with Crippen LogP contribution in [0, 0.1) is 5.92 Å². The van der Waals surface area contributed by atoms with Gasteiger partial charge < -0.3 is 5.73 Å². The average Bonchev–Trinajstić information content (AvgIpc) is 2.58. The lowest BCUT2D eigenvalue weighted by Crippen LogP contribution is -1.96. The fourth-order valence-corrected chi connectivity index (χ4v) is 1.09. The molecule has 0 unspecified atom stereocenters. The minimum Gasteiger partial charge on any atom is -0.400 e. The smallest absolute Gasteiger partial charge is 0.0788 e. The molecule has 0 spiro atoms. The summed E-state index contributed by atoms with van der Waals surface area (Å²) in [6, 6.07) is 0. The van der Waals surface area contributed by atoms with E-state index in [1.807, 2.05) is 6.08 Å². The van der Waals surface area contributed by atoms with E-state index in [1.165, 1.54) is 18.6 Å². The van der Waals surface area contributed by atoms with Gasteiger partial charge in [-0.15, -0.1) is 0 Å². The Kier molecular flexibility index (Phi) is 0.891. The molecule has 9 heavy (non-hydrogen) atoms. The average molecular weight is 122 g/mol. The van der Waals surface area contributed by atoms with Gasteiger partial charge in [0.2, 0.25) is 0 Å². The summed E-state index contributed by atoms with van der Waals surface area (Å²) in [6.45, 7) is 0.742. The Bertz CT molecular complexity index is 187. The predicted molar refractivity (Wildman–Crippen MR) is 37.3 cm³/mol. The second-order valence-electron chi connectivity index (χ2n) is 2.73. The Labute approximate surface area is 54.5 Å². The maximum Gasteiger partial charge on any atom is 0.0788 e. The third-order valence-electron chi connectivity index (χ3n) is 1.77. The molecule has 2 rings (SSSR count). The van der Waals surface area contributed by atoms with E-state index >= 15 is 0 Å². The van der Waals surface area contributed by atoms with Crippen molar-refractivity contribution in [3.63, 3.8) is 0 Å². The second-order valence-corrected chi connectivity index (χ2v) is 2.73. The van der Waals surface area contributed by atoms with Crippen LogP contribution in [0.15, 0.2) is 16.8 Å². The summed E-state index contributed by atoms with van der Waals surface area (Å²) >= 11 is 0. The third kappa shape index (κ3) is 0.846. The number of allylic oxidation sites excluding steroid dienone is 1. The normalized spacial score (nSPS) is 25.8. The summed E-state index contributed by atoms with van der Waals surface area (Å²) in [5, 5.41) is 0. The van der Waals surface area contributed by atoms with Crippen LogP contribution in [0.1, 0.15) is 12.8 Å². The monoisotopic (exact) mass is 122 g/mol. The van der Waals surface area contributed by atoms with E-state index in [9.17, 15) is 0 Å². The molecule has 48 valence electrons. The number of nitrogens with two attached hydrogens (primary N) is 1. The van der Waals surface area contributed by atoms with Gasteiger partial charge in [0.25, 0.3) is 0 Å². The van der Waals surface area contributed by atoms with Crippen molar-refractivity contribution in [1.29, 1.82) is 0 Å². The van der Waals surface area contributed by atoms with Crippen molar-refractivity contribution in [2.24, 2.45) is 16.6 Å². The molecule has 1 fully saturated rings. The van der Waals surface area contributed by atoms with Gasteiger partial charge in [-0.25, -0.2) is 0 Å². The Morgan fingerprint density at radius 2 is 2.33 bits per heavy atom. The highest BCUT2D eigenvalue weighted by atomic mass is 14.8. The molecule has 1 saturated carbocycles. The summed E-state index contributed by atoms with van der Waals surface area (Å²) in [5.74, 6) is 0.769. The summed E-state index contributed by atoms with van der Waals surface area (Å²) in [4.78, 5) is 4.28. The second kappa shape index (κ2) is 1.59. The first-order valence-corrected chi connectivity index (χ1v) is 3.36. The van der Waals surface area contributed by atoms with E-state index in [0.717, 1.165) is 18.2 Å². The lowest BCUT2D eigenvalue weighted by atomic mass is 10.2. The molecule has 2 nitrogen and oxygen atoms in total. The maximum absolute atomic E-state index is 5.54. The van der Waals surface area contributed by atoms with Crippen molar-refractivity contribution >= 4 is 5.71 Å². The van der Waals surface area contributed by atoms with Crippen LogP contribution in [0.5, 0.6) is 0 Å².